The molecule has 0 saturated heterocycles. The molecule has 56 heavy (non-hydrogen) atoms. The molecule has 0 spiro atoms. The average Bonchev–Trinajstić information content (AvgIpc) is 3.73. The normalized spacial score (nSPS) is 11.5. The molecule has 0 N–H and O–H groups in total. The van der Waals surface area contributed by atoms with Gasteiger partial charge in [-0.3, -0.25) is 9.59 Å². The summed E-state index contributed by atoms with van der Waals surface area (Å²) in [7, 11) is 3.22. The second-order valence-electron chi connectivity index (χ2n) is 14.6. The first-order valence-corrected chi connectivity index (χ1v) is 18.7. The minimum absolute atomic E-state index is 0.0271. The largest absolute Gasteiger partial charge is 0.497 e. The summed E-state index contributed by atoms with van der Waals surface area (Å²) in [4.78, 5) is 27.9. The zero-order valence-corrected chi connectivity index (χ0v) is 32.2. The summed E-state index contributed by atoms with van der Waals surface area (Å²) in [6, 6.07) is 44.7. The van der Waals surface area contributed by atoms with Crippen molar-refractivity contribution in [3.8, 4) is 22.9 Å². The van der Waals surface area contributed by atoms with Crippen molar-refractivity contribution in [3.63, 3.8) is 0 Å². The highest BCUT2D eigenvalue weighted by Gasteiger charge is 2.24. The molecule has 9 rings (SSSR count). The van der Waals surface area contributed by atoms with Crippen molar-refractivity contribution in [3.05, 3.63) is 178 Å². The minimum Gasteiger partial charge on any atom is -0.497 e. The van der Waals surface area contributed by atoms with Gasteiger partial charge in [-0.15, -0.1) is 0 Å². The third-order valence-corrected chi connectivity index (χ3v) is 11.1. The fraction of sp³-hybridized carbons (Fsp3) is 0.120. The van der Waals surface area contributed by atoms with Gasteiger partial charge in [0, 0.05) is 55.2 Å². The van der Waals surface area contributed by atoms with E-state index in [2.05, 4.69) is 94.1 Å². The van der Waals surface area contributed by atoms with Crippen LogP contribution in [-0.4, -0.2) is 34.9 Å². The van der Waals surface area contributed by atoms with E-state index in [0.29, 0.717) is 33.8 Å². The maximum absolute atomic E-state index is 14.0. The standard InChI is InChI=1S/C50H40N2O4/c1-29-23-35(24-30(2)45(29)49(53)33-13-11-15-37(27-33)55-5)51-43-20-10-8-18-41(43)47-44(51)22-21-40-39-17-7-9-19-42(39)52(48(40)47)36-25-31(3)46(32(4)26-36)50(54)34-14-12-16-38(28-34)56-6/h7-28H,1-6H3. The Hall–Kier alpha value is -6.92. The monoisotopic (exact) mass is 732 g/mol. The predicted molar refractivity (Wildman–Crippen MR) is 227 cm³/mol. The number of carbonyl (C=O) groups is 2. The molecule has 2 aromatic heterocycles. The highest BCUT2D eigenvalue weighted by Crippen LogP contribution is 2.43. The minimum atomic E-state index is -0.0278. The fourth-order valence-electron chi connectivity index (χ4n) is 8.73. The number of hydrogen-bond donors (Lipinski definition) is 0. The van der Waals surface area contributed by atoms with E-state index in [-0.39, 0.29) is 11.6 Å². The number of rotatable bonds is 8. The van der Waals surface area contributed by atoms with Crippen LogP contribution in [0.1, 0.15) is 54.1 Å². The zero-order valence-electron chi connectivity index (χ0n) is 32.2. The smallest absolute Gasteiger partial charge is 0.193 e. The number of benzene rings is 7. The van der Waals surface area contributed by atoms with Crippen LogP contribution in [0, 0.1) is 27.7 Å². The van der Waals surface area contributed by atoms with Crippen LogP contribution < -0.4 is 9.47 Å². The third kappa shape index (κ3) is 5.40. The van der Waals surface area contributed by atoms with E-state index in [1.807, 2.05) is 64.1 Å². The van der Waals surface area contributed by atoms with E-state index in [9.17, 15) is 9.59 Å². The Morgan fingerprint density at radius 3 is 1.43 bits per heavy atom. The molecule has 2 heterocycles. The van der Waals surface area contributed by atoms with Gasteiger partial charge < -0.3 is 18.6 Å². The Labute approximate surface area is 325 Å². The summed E-state index contributed by atoms with van der Waals surface area (Å²) in [5.74, 6) is 1.25. The lowest BCUT2D eigenvalue weighted by Gasteiger charge is -2.16. The van der Waals surface area contributed by atoms with E-state index in [1.54, 1.807) is 26.4 Å². The van der Waals surface area contributed by atoms with Gasteiger partial charge in [-0.2, -0.15) is 0 Å². The van der Waals surface area contributed by atoms with Crippen LogP contribution in [0.5, 0.6) is 11.5 Å². The molecule has 0 saturated carbocycles. The first-order chi connectivity index (χ1) is 27.2. The number of fused-ring (bicyclic) bond motifs is 7. The summed E-state index contributed by atoms with van der Waals surface area (Å²) in [6.45, 7) is 8.07. The van der Waals surface area contributed by atoms with E-state index < -0.39 is 0 Å². The van der Waals surface area contributed by atoms with Crippen LogP contribution in [0.3, 0.4) is 0 Å². The van der Waals surface area contributed by atoms with Gasteiger partial charge in [0.05, 0.1) is 36.3 Å². The third-order valence-electron chi connectivity index (χ3n) is 11.1. The Balaban J connectivity index is 1.27. The van der Waals surface area contributed by atoms with Crippen LogP contribution in [0.2, 0.25) is 0 Å². The Morgan fingerprint density at radius 1 is 0.446 bits per heavy atom. The maximum atomic E-state index is 14.0. The Morgan fingerprint density at radius 2 is 0.911 bits per heavy atom. The summed E-state index contributed by atoms with van der Waals surface area (Å²) in [5.41, 5.74) is 12.5. The lowest BCUT2D eigenvalue weighted by molar-refractivity contribution is 0.102. The van der Waals surface area contributed by atoms with Crippen LogP contribution in [0.15, 0.2) is 133 Å². The molecule has 7 aromatic carbocycles. The van der Waals surface area contributed by atoms with Gasteiger partial charge in [-0.25, -0.2) is 0 Å². The van der Waals surface area contributed by atoms with E-state index in [0.717, 1.165) is 77.2 Å². The van der Waals surface area contributed by atoms with Gasteiger partial charge in [0.15, 0.2) is 11.6 Å². The highest BCUT2D eigenvalue weighted by atomic mass is 16.5. The number of ketones is 2. The lowest BCUT2D eigenvalue weighted by Crippen LogP contribution is -2.08. The number of para-hydroxylation sites is 2. The van der Waals surface area contributed by atoms with Crippen LogP contribution in [0.25, 0.3) is 55.0 Å². The molecule has 0 fully saturated rings. The van der Waals surface area contributed by atoms with Crippen molar-refractivity contribution in [1.82, 2.24) is 9.13 Å². The van der Waals surface area contributed by atoms with E-state index in [4.69, 9.17) is 9.47 Å². The lowest BCUT2D eigenvalue weighted by atomic mass is 9.94. The molecular weight excluding hydrogens is 693 g/mol. The van der Waals surface area contributed by atoms with Crippen molar-refractivity contribution in [1.29, 1.82) is 0 Å². The number of aryl methyl sites for hydroxylation is 4. The SMILES string of the molecule is COc1cccc(C(=O)c2c(C)cc(-n3c4ccccc4c4c3ccc3c5ccccc5n(-c5cc(C)c(C(=O)c6cccc(OC)c6)c(C)c5)c34)cc2C)c1. The molecule has 0 aliphatic rings. The average molecular weight is 733 g/mol. The number of ether oxygens (including phenoxy) is 2. The summed E-state index contributed by atoms with van der Waals surface area (Å²) >= 11 is 0. The van der Waals surface area contributed by atoms with Crippen molar-refractivity contribution in [2.75, 3.05) is 14.2 Å². The first-order valence-electron chi connectivity index (χ1n) is 18.7. The molecular formula is C50H40N2O4. The van der Waals surface area contributed by atoms with Crippen molar-refractivity contribution >= 4 is 55.2 Å². The number of hydrogen-bond acceptors (Lipinski definition) is 4. The number of carbonyl (C=O) groups excluding carboxylic acids is 2. The van der Waals surface area contributed by atoms with Gasteiger partial charge in [0.2, 0.25) is 0 Å². The Bertz CT molecular complexity index is 3040. The topological polar surface area (TPSA) is 62.5 Å². The summed E-state index contributed by atoms with van der Waals surface area (Å²) in [5, 5.41) is 4.56. The molecule has 274 valence electrons. The molecule has 0 atom stereocenters. The van der Waals surface area contributed by atoms with Crippen LogP contribution in [0.4, 0.5) is 0 Å². The molecule has 0 radical (unpaired) electrons. The molecule has 0 bridgehead atoms. The predicted octanol–water partition coefficient (Wildman–Crippen LogP) is 11.6. The number of nitrogens with zero attached hydrogens (tertiary/aromatic N) is 2. The van der Waals surface area contributed by atoms with Crippen molar-refractivity contribution in [2.45, 2.75) is 27.7 Å². The summed E-state index contributed by atoms with van der Waals surface area (Å²) in [6.07, 6.45) is 0. The molecule has 0 aliphatic heterocycles. The molecule has 0 aliphatic carbocycles. The summed E-state index contributed by atoms with van der Waals surface area (Å²) < 4.78 is 15.5. The second kappa shape index (κ2) is 13.4. The quantitative estimate of drug-likeness (QED) is 0.146. The van der Waals surface area contributed by atoms with Gasteiger partial charge in [-0.1, -0.05) is 66.7 Å². The van der Waals surface area contributed by atoms with Gasteiger partial charge in [0.25, 0.3) is 0 Å². The van der Waals surface area contributed by atoms with Gasteiger partial charge >= 0.3 is 0 Å². The molecule has 0 amide bonds. The first kappa shape index (κ1) is 34.8. The molecule has 0 unspecified atom stereocenters. The molecule has 6 heteroatoms. The van der Waals surface area contributed by atoms with E-state index >= 15 is 0 Å². The van der Waals surface area contributed by atoms with Gasteiger partial charge in [-0.05, 0) is 117 Å². The molecule has 9 aromatic rings. The fourth-order valence-corrected chi connectivity index (χ4v) is 8.73. The number of methoxy groups -OCH3 is 2. The van der Waals surface area contributed by atoms with Crippen LogP contribution >= 0.6 is 0 Å². The van der Waals surface area contributed by atoms with Crippen molar-refractivity contribution in [2.24, 2.45) is 0 Å². The van der Waals surface area contributed by atoms with Crippen molar-refractivity contribution < 1.29 is 19.1 Å². The molecule has 6 nitrogen and oxygen atoms in total. The van der Waals surface area contributed by atoms with E-state index in [1.165, 1.54) is 0 Å². The second-order valence-corrected chi connectivity index (χ2v) is 14.6. The zero-order chi connectivity index (χ0) is 38.8. The van der Waals surface area contributed by atoms with Gasteiger partial charge in [0.1, 0.15) is 11.5 Å². The number of aromatic nitrogens is 2. The van der Waals surface area contributed by atoms with Crippen LogP contribution in [-0.2, 0) is 0 Å². The maximum Gasteiger partial charge on any atom is 0.193 e. The Kier molecular flexibility index (Phi) is 8.35. The highest BCUT2D eigenvalue weighted by molar-refractivity contribution is 6.26.